The molecule has 120 valence electrons. The van der Waals surface area contributed by atoms with Crippen molar-refractivity contribution in [2.24, 2.45) is 0 Å². The van der Waals surface area contributed by atoms with Crippen molar-refractivity contribution in [2.45, 2.75) is 0 Å². The van der Waals surface area contributed by atoms with Gasteiger partial charge in [0.05, 0.1) is 10.7 Å². The number of ether oxygens (including phenoxy) is 1. The number of hydrogen-bond acceptors (Lipinski definition) is 5. The van der Waals surface area contributed by atoms with Gasteiger partial charge in [-0.15, -0.1) is 6.58 Å². The predicted molar refractivity (Wildman–Crippen MR) is 98.0 cm³/mol. The minimum atomic E-state index is -0.567. The Bertz CT molecular complexity index is 745. The highest BCUT2D eigenvalue weighted by Gasteiger charge is 2.32. The number of nitrogens with one attached hydrogen (secondary N) is 1. The van der Waals surface area contributed by atoms with Gasteiger partial charge in [-0.05, 0) is 58.6 Å². The minimum absolute atomic E-state index is 0.00383. The largest absolute Gasteiger partial charge is 0.504 e. The number of aromatic hydroxyl groups is 1. The second kappa shape index (κ2) is 7.09. The van der Waals surface area contributed by atoms with E-state index >= 15 is 0 Å². The summed E-state index contributed by atoms with van der Waals surface area (Å²) in [5, 5.41) is 12.4. The molecule has 8 heteroatoms. The highest BCUT2D eigenvalue weighted by atomic mass is 127. The maximum Gasteiger partial charge on any atom is 0.265 e. The molecule has 2 rings (SSSR count). The van der Waals surface area contributed by atoms with Gasteiger partial charge in [0.1, 0.15) is 5.57 Å². The van der Waals surface area contributed by atoms with Crippen LogP contribution in [0.5, 0.6) is 11.5 Å². The molecule has 2 N–H and O–H groups in total. The number of carbonyl (C=O) groups is 2. The molecule has 6 nitrogen and oxygen atoms in total. The first-order valence-corrected chi connectivity index (χ1v) is 7.94. The molecule has 1 aliphatic rings. The molecule has 1 heterocycles. The topological polar surface area (TPSA) is 78.9 Å². The van der Waals surface area contributed by atoms with Crippen LogP contribution in [0.1, 0.15) is 5.56 Å². The zero-order valence-electron chi connectivity index (χ0n) is 12.1. The summed E-state index contributed by atoms with van der Waals surface area (Å²) in [5.41, 5.74) is 0.498. The molecule has 0 bridgehead atoms. The van der Waals surface area contributed by atoms with Crippen molar-refractivity contribution in [1.29, 1.82) is 0 Å². The van der Waals surface area contributed by atoms with Crippen LogP contribution in [0.2, 0.25) is 0 Å². The Morgan fingerprint density at radius 1 is 1.48 bits per heavy atom. The lowest BCUT2D eigenvalue weighted by Crippen LogP contribution is -2.53. The van der Waals surface area contributed by atoms with Crippen LogP contribution in [0.3, 0.4) is 0 Å². The molecule has 0 aromatic heterocycles. The lowest BCUT2D eigenvalue weighted by Gasteiger charge is -2.27. The van der Waals surface area contributed by atoms with E-state index < -0.39 is 11.8 Å². The van der Waals surface area contributed by atoms with Gasteiger partial charge in [-0.25, -0.2) is 0 Å². The second-order valence-corrected chi connectivity index (χ2v) is 6.12. The first-order valence-electron chi connectivity index (χ1n) is 6.45. The number of phenols is 1. The molecule has 1 saturated heterocycles. The smallest absolute Gasteiger partial charge is 0.265 e. The van der Waals surface area contributed by atoms with Crippen molar-refractivity contribution in [1.82, 2.24) is 10.2 Å². The second-order valence-electron chi connectivity index (χ2n) is 4.58. The van der Waals surface area contributed by atoms with Gasteiger partial charge >= 0.3 is 0 Å². The summed E-state index contributed by atoms with van der Waals surface area (Å²) in [6.45, 7) is 3.76. The predicted octanol–water partition coefficient (Wildman–Crippen LogP) is 1.82. The lowest BCUT2D eigenvalue weighted by molar-refractivity contribution is -0.128. The van der Waals surface area contributed by atoms with Crippen LogP contribution in [0, 0.1) is 3.57 Å². The number of methoxy groups -OCH3 is 1. The summed E-state index contributed by atoms with van der Waals surface area (Å²) in [6.07, 6.45) is 2.95. The first kappa shape index (κ1) is 17.4. The number of benzene rings is 1. The monoisotopic (exact) mass is 444 g/mol. The fraction of sp³-hybridized carbons (Fsp3) is 0.133. The Kier molecular flexibility index (Phi) is 5.37. The van der Waals surface area contributed by atoms with Crippen molar-refractivity contribution < 1.29 is 19.4 Å². The average molecular weight is 444 g/mol. The highest BCUT2D eigenvalue weighted by Crippen LogP contribution is 2.33. The number of thiocarbonyl (C=S) groups is 1. The molecule has 0 atom stereocenters. The third-order valence-electron chi connectivity index (χ3n) is 3.08. The van der Waals surface area contributed by atoms with E-state index in [2.05, 4.69) is 11.9 Å². The van der Waals surface area contributed by atoms with Crippen molar-refractivity contribution in [3.05, 3.63) is 39.5 Å². The Morgan fingerprint density at radius 3 is 2.78 bits per heavy atom. The molecule has 0 saturated carbocycles. The Balaban J connectivity index is 2.46. The summed E-state index contributed by atoms with van der Waals surface area (Å²) < 4.78 is 5.61. The number of halogens is 1. The summed E-state index contributed by atoms with van der Waals surface area (Å²) >= 11 is 6.92. The molecule has 0 spiro atoms. The molecule has 0 aliphatic carbocycles. The molecule has 1 aromatic rings. The van der Waals surface area contributed by atoms with Gasteiger partial charge < -0.3 is 9.84 Å². The van der Waals surface area contributed by atoms with Gasteiger partial charge in [0, 0.05) is 6.54 Å². The number of carbonyl (C=O) groups excluding carboxylic acids is 2. The third-order valence-corrected chi connectivity index (χ3v) is 4.22. The maximum atomic E-state index is 12.4. The van der Waals surface area contributed by atoms with Gasteiger partial charge in [0.2, 0.25) is 0 Å². The number of rotatable bonds is 4. The first-order chi connectivity index (χ1) is 10.9. The molecule has 0 unspecified atom stereocenters. The van der Waals surface area contributed by atoms with E-state index in [1.807, 2.05) is 22.6 Å². The van der Waals surface area contributed by atoms with Gasteiger partial charge in [0.25, 0.3) is 11.8 Å². The lowest BCUT2D eigenvalue weighted by atomic mass is 10.1. The van der Waals surface area contributed by atoms with Crippen molar-refractivity contribution in [3.63, 3.8) is 0 Å². The molecule has 1 fully saturated rings. The van der Waals surface area contributed by atoms with Crippen molar-refractivity contribution in [2.75, 3.05) is 13.7 Å². The van der Waals surface area contributed by atoms with Gasteiger partial charge in [-0.2, -0.15) is 0 Å². The Hall–Kier alpha value is -1.94. The van der Waals surface area contributed by atoms with E-state index in [-0.39, 0.29) is 28.7 Å². The summed E-state index contributed by atoms with van der Waals surface area (Å²) in [4.78, 5) is 25.7. The van der Waals surface area contributed by atoms with Crippen LogP contribution in [0.4, 0.5) is 0 Å². The number of hydrogen-bond donors (Lipinski definition) is 2. The fourth-order valence-electron chi connectivity index (χ4n) is 1.99. The quantitative estimate of drug-likeness (QED) is 0.244. The van der Waals surface area contributed by atoms with E-state index in [1.54, 1.807) is 6.07 Å². The van der Waals surface area contributed by atoms with Crippen LogP contribution >= 0.6 is 34.8 Å². The Morgan fingerprint density at radius 2 is 2.17 bits per heavy atom. The number of phenolic OH excluding ortho intramolecular Hbond substituents is 1. The summed E-state index contributed by atoms with van der Waals surface area (Å²) in [7, 11) is 1.42. The van der Waals surface area contributed by atoms with E-state index in [9.17, 15) is 14.7 Å². The highest BCUT2D eigenvalue weighted by molar-refractivity contribution is 14.1. The van der Waals surface area contributed by atoms with Gasteiger partial charge in [-0.1, -0.05) is 6.08 Å². The fourth-order valence-corrected chi connectivity index (χ4v) is 2.86. The van der Waals surface area contributed by atoms with Crippen LogP contribution in [-0.2, 0) is 9.59 Å². The normalized spacial score (nSPS) is 16.5. The zero-order valence-corrected chi connectivity index (χ0v) is 15.1. The molecule has 0 radical (unpaired) electrons. The average Bonchev–Trinajstić information content (AvgIpc) is 2.51. The van der Waals surface area contributed by atoms with Crippen LogP contribution < -0.4 is 10.1 Å². The van der Waals surface area contributed by atoms with Crippen LogP contribution in [0.15, 0.2) is 30.4 Å². The molecule has 1 aromatic carbocycles. The summed E-state index contributed by atoms with van der Waals surface area (Å²) in [6, 6.07) is 3.17. The van der Waals surface area contributed by atoms with Crippen molar-refractivity contribution >= 4 is 57.8 Å². The van der Waals surface area contributed by atoms with E-state index in [0.717, 1.165) is 0 Å². The van der Waals surface area contributed by atoms with Crippen LogP contribution in [-0.4, -0.2) is 40.6 Å². The SMILES string of the molecule is C=CCN1C(=O)/C(=C/c2cc(I)c(O)c(OC)c2)C(=O)NC1=S. The molecular weight excluding hydrogens is 431 g/mol. The van der Waals surface area contributed by atoms with E-state index in [0.29, 0.717) is 9.13 Å². The molecule has 2 amide bonds. The number of amides is 2. The van der Waals surface area contributed by atoms with E-state index in [1.165, 1.54) is 30.2 Å². The molecule has 1 aliphatic heterocycles. The van der Waals surface area contributed by atoms with E-state index in [4.69, 9.17) is 17.0 Å². The molecule has 23 heavy (non-hydrogen) atoms. The Labute approximate surface area is 151 Å². The molecular formula is C15H13IN2O4S. The zero-order chi connectivity index (χ0) is 17.1. The van der Waals surface area contributed by atoms with Gasteiger partial charge in [-0.3, -0.25) is 19.8 Å². The van der Waals surface area contributed by atoms with Gasteiger partial charge in [0.15, 0.2) is 16.6 Å². The summed E-state index contributed by atoms with van der Waals surface area (Å²) in [5.74, 6) is -0.807. The van der Waals surface area contributed by atoms with Crippen molar-refractivity contribution in [3.8, 4) is 11.5 Å². The minimum Gasteiger partial charge on any atom is -0.504 e. The third kappa shape index (κ3) is 3.53. The number of nitrogens with zero attached hydrogens (tertiary/aromatic N) is 1. The van der Waals surface area contributed by atoms with Crippen LogP contribution in [0.25, 0.3) is 6.08 Å². The standard InChI is InChI=1S/C15H13IN2O4S/c1-3-4-18-14(21)9(13(20)17-15(18)23)5-8-6-10(16)12(19)11(7-8)22-2/h3,5-7,19H,1,4H2,2H3,(H,17,20,23)/b9-5+. The maximum absolute atomic E-state index is 12.4.